The van der Waals surface area contributed by atoms with Gasteiger partial charge in [-0.15, -0.1) is 0 Å². The van der Waals surface area contributed by atoms with Gasteiger partial charge in [-0.05, 0) is 25.8 Å². The summed E-state index contributed by atoms with van der Waals surface area (Å²) < 4.78 is 18.8. The summed E-state index contributed by atoms with van der Waals surface area (Å²) in [6.45, 7) is 2.05. The molecule has 0 spiro atoms. The Morgan fingerprint density at radius 3 is 3.05 bits per heavy atom. The lowest BCUT2D eigenvalue weighted by molar-refractivity contribution is -0.135. The molecule has 0 saturated carbocycles. The number of aliphatic imine (C=N–C) groups is 1. The lowest BCUT2D eigenvalue weighted by Crippen LogP contribution is -2.42. The second-order valence-corrected chi connectivity index (χ2v) is 4.81. The van der Waals surface area contributed by atoms with Crippen molar-refractivity contribution < 1.29 is 13.9 Å². The summed E-state index contributed by atoms with van der Waals surface area (Å²) in [6.07, 6.45) is 1.46. The summed E-state index contributed by atoms with van der Waals surface area (Å²) in [5, 5.41) is 1.84. The number of benzene rings is 1. The molecule has 3 rings (SSSR count). The van der Waals surface area contributed by atoms with E-state index in [1.807, 2.05) is 11.1 Å². The van der Waals surface area contributed by atoms with Gasteiger partial charge >= 0.3 is 5.97 Å². The third-order valence-corrected chi connectivity index (χ3v) is 3.60. The molecular weight excluding hydrogens is 261 g/mol. The normalized spacial score (nSPS) is 25.0. The van der Waals surface area contributed by atoms with Gasteiger partial charge in [-0.3, -0.25) is 5.43 Å². The zero-order valence-corrected chi connectivity index (χ0v) is 11.2. The molecule has 20 heavy (non-hydrogen) atoms. The molecule has 2 atom stereocenters. The van der Waals surface area contributed by atoms with Crippen molar-refractivity contribution in [3.8, 4) is 0 Å². The molecule has 2 aliphatic heterocycles. The highest BCUT2D eigenvalue weighted by atomic mass is 19.1. The first-order chi connectivity index (χ1) is 9.70. The number of rotatable bonds is 3. The Bertz CT molecular complexity index is 561. The molecule has 1 saturated heterocycles. The Hall–Kier alpha value is -1.95. The Morgan fingerprint density at radius 2 is 2.30 bits per heavy atom. The maximum atomic E-state index is 13.9. The number of hydrogen-bond donors (Lipinski definition) is 1. The van der Waals surface area contributed by atoms with Crippen molar-refractivity contribution in [2.75, 3.05) is 6.61 Å². The highest BCUT2D eigenvalue weighted by Gasteiger charge is 2.41. The first-order valence-corrected chi connectivity index (χ1v) is 6.75. The lowest BCUT2D eigenvalue weighted by atomic mass is 10.0. The Kier molecular flexibility index (Phi) is 3.40. The monoisotopic (exact) mass is 277 g/mol. The molecule has 5 nitrogen and oxygen atoms in total. The van der Waals surface area contributed by atoms with E-state index in [9.17, 15) is 9.18 Å². The van der Waals surface area contributed by atoms with Gasteiger partial charge in [0.05, 0.1) is 12.6 Å². The molecule has 2 aliphatic rings. The van der Waals surface area contributed by atoms with Gasteiger partial charge < -0.3 is 4.74 Å². The maximum absolute atomic E-state index is 13.9. The van der Waals surface area contributed by atoms with E-state index >= 15 is 0 Å². The summed E-state index contributed by atoms with van der Waals surface area (Å²) >= 11 is 0. The van der Waals surface area contributed by atoms with Crippen molar-refractivity contribution in [1.82, 2.24) is 10.4 Å². The van der Waals surface area contributed by atoms with Crippen LogP contribution in [0.4, 0.5) is 4.39 Å². The van der Waals surface area contributed by atoms with Crippen molar-refractivity contribution in [2.24, 2.45) is 4.99 Å². The molecule has 1 aromatic carbocycles. The number of amidine groups is 1. The fraction of sp³-hybridized carbons (Fsp3) is 0.429. The second-order valence-electron chi connectivity index (χ2n) is 4.81. The Balaban J connectivity index is 1.78. The Labute approximate surface area is 116 Å². The second kappa shape index (κ2) is 5.20. The molecule has 0 bridgehead atoms. The van der Waals surface area contributed by atoms with Gasteiger partial charge in [0, 0.05) is 5.56 Å². The highest BCUT2D eigenvalue weighted by molar-refractivity contribution is 6.35. The van der Waals surface area contributed by atoms with Crippen LogP contribution >= 0.6 is 0 Å². The van der Waals surface area contributed by atoms with Crippen molar-refractivity contribution in [1.29, 1.82) is 0 Å². The lowest BCUT2D eigenvalue weighted by Gasteiger charge is -2.24. The SMILES string of the molecule is CCOC(=O)C1=NC2CCC(c3ccccc3F)N2N1. The van der Waals surface area contributed by atoms with Gasteiger partial charge in [0.2, 0.25) is 5.84 Å². The number of hydrazine groups is 1. The first kappa shape index (κ1) is 13.1. The maximum Gasteiger partial charge on any atom is 0.375 e. The predicted octanol–water partition coefficient (Wildman–Crippen LogP) is 1.77. The number of halogens is 1. The van der Waals surface area contributed by atoms with Crippen molar-refractivity contribution in [2.45, 2.75) is 32.0 Å². The summed E-state index contributed by atoms with van der Waals surface area (Å²) in [5.41, 5.74) is 3.58. The third kappa shape index (κ3) is 2.16. The Morgan fingerprint density at radius 1 is 1.50 bits per heavy atom. The molecule has 6 heteroatoms. The molecule has 1 N–H and O–H groups in total. The highest BCUT2D eigenvalue weighted by Crippen LogP contribution is 2.37. The van der Waals surface area contributed by atoms with Gasteiger partial charge in [0.25, 0.3) is 0 Å². The molecule has 0 radical (unpaired) electrons. The zero-order chi connectivity index (χ0) is 14.1. The van der Waals surface area contributed by atoms with Gasteiger partial charge in [-0.1, -0.05) is 18.2 Å². The topological polar surface area (TPSA) is 53.9 Å². The standard InChI is InChI=1S/C14H16FN3O2/c1-2-20-14(19)13-16-12-8-7-11(18(12)17-13)9-5-3-4-6-10(9)15/h3-6,11-12H,2,7-8H2,1H3,(H,16,17). The number of nitrogens with zero attached hydrogens (tertiary/aromatic N) is 2. The van der Waals surface area contributed by atoms with Crippen LogP contribution in [0.3, 0.4) is 0 Å². The summed E-state index contributed by atoms with van der Waals surface area (Å²) in [7, 11) is 0. The van der Waals surface area contributed by atoms with Crippen LogP contribution in [0.5, 0.6) is 0 Å². The number of esters is 1. The van der Waals surface area contributed by atoms with E-state index < -0.39 is 5.97 Å². The average molecular weight is 277 g/mol. The zero-order valence-electron chi connectivity index (χ0n) is 11.2. The van der Waals surface area contributed by atoms with Crippen LogP contribution in [0.1, 0.15) is 31.4 Å². The average Bonchev–Trinajstić information content (AvgIpc) is 3.00. The number of carbonyl (C=O) groups excluding carboxylic acids is 1. The van der Waals surface area contributed by atoms with E-state index in [0.29, 0.717) is 12.2 Å². The number of ether oxygens (including phenoxy) is 1. The van der Waals surface area contributed by atoms with Crippen LogP contribution < -0.4 is 5.43 Å². The van der Waals surface area contributed by atoms with Crippen LogP contribution in [0, 0.1) is 5.82 Å². The summed E-state index contributed by atoms with van der Waals surface area (Å²) in [5.74, 6) is -0.489. The minimum absolute atomic E-state index is 0.114. The van der Waals surface area contributed by atoms with E-state index in [-0.39, 0.29) is 23.9 Å². The van der Waals surface area contributed by atoms with Gasteiger partial charge in [-0.25, -0.2) is 14.2 Å². The number of carbonyl (C=O) groups is 1. The molecule has 0 amide bonds. The summed E-state index contributed by atoms with van der Waals surface area (Å²) in [4.78, 5) is 16.0. The quantitative estimate of drug-likeness (QED) is 0.856. The summed E-state index contributed by atoms with van der Waals surface area (Å²) in [6, 6.07) is 6.59. The van der Waals surface area contributed by atoms with Crippen LogP contribution in [-0.4, -0.2) is 29.6 Å². The smallest absolute Gasteiger partial charge is 0.375 e. The number of nitrogens with one attached hydrogen (secondary N) is 1. The molecule has 0 aromatic heterocycles. The fourth-order valence-electron chi connectivity index (χ4n) is 2.72. The van der Waals surface area contributed by atoms with E-state index in [1.165, 1.54) is 6.07 Å². The largest absolute Gasteiger partial charge is 0.460 e. The minimum atomic E-state index is -0.464. The van der Waals surface area contributed by atoms with E-state index in [0.717, 1.165) is 12.8 Å². The number of fused-ring (bicyclic) bond motifs is 1. The predicted molar refractivity (Wildman–Crippen MR) is 71.2 cm³/mol. The first-order valence-electron chi connectivity index (χ1n) is 6.75. The molecule has 2 heterocycles. The molecule has 1 aromatic rings. The molecular formula is C14H16FN3O2. The van der Waals surface area contributed by atoms with E-state index in [4.69, 9.17) is 4.74 Å². The van der Waals surface area contributed by atoms with Gasteiger partial charge in [0.15, 0.2) is 0 Å². The van der Waals surface area contributed by atoms with Gasteiger partial charge in [-0.2, -0.15) is 5.01 Å². The van der Waals surface area contributed by atoms with E-state index in [1.54, 1.807) is 19.1 Å². The van der Waals surface area contributed by atoms with Crippen LogP contribution in [-0.2, 0) is 9.53 Å². The van der Waals surface area contributed by atoms with Crippen LogP contribution in [0.15, 0.2) is 29.3 Å². The molecule has 1 fully saturated rings. The molecule has 0 aliphatic carbocycles. The van der Waals surface area contributed by atoms with E-state index in [2.05, 4.69) is 10.4 Å². The minimum Gasteiger partial charge on any atom is -0.460 e. The van der Waals surface area contributed by atoms with Crippen molar-refractivity contribution in [3.05, 3.63) is 35.6 Å². The molecule has 106 valence electrons. The van der Waals surface area contributed by atoms with Crippen LogP contribution in [0.2, 0.25) is 0 Å². The van der Waals surface area contributed by atoms with Crippen molar-refractivity contribution >= 4 is 11.8 Å². The fourth-order valence-corrected chi connectivity index (χ4v) is 2.72. The third-order valence-electron chi connectivity index (χ3n) is 3.60. The van der Waals surface area contributed by atoms with Gasteiger partial charge in [0.1, 0.15) is 12.0 Å². The van der Waals surface area contributed by atoms with Crippen molar-refractivity contribution in [3.63, 3.8) is 0 Å². The molecule has 2 unspecified atom stereocenters. The number of hydrogen-bond acceptors (Lipinski definition) is 5. The van der Waals surface area contributed by atoms with Crippen LogP contribution in [0.25, 0.3) is 0 Å².